The molecule has 0 aromatic heterocycles. The number of hydrogen-bond acceptors (Lipinski definition) is 1. The fraction of sp³-hybridized carbons (Fsp3) is 0.333. The SMILES string of the molecule is CC1=C[C-](C)C=CC(C)=N1.[Lr]. The van der Waals surface area contributed by atoms with Crippen molar-refractivity contribution in [3.05, 3.63) is 29.8 Å². The van der Waals surface area contributed by atoms with E-state index in [2.05, 4.69) is 24.1 Å². The van der Waals surface area contributed by atoms with Crippen molar-refractivity contribution < 1.29 is 0 Å². The van der Waals surface area contributed by atoms with E-state index in [1.807, 2.05) is 19.9 Å². The molecule has 0 bridgehead atoms. The van der Waals surface area contributed by atoms with E-state index in [1.165, 1.54) is 5.92 Å². The number of hydrogen-bond donors (Lipinski definition) is 0. The second-order valence-electron chi connectivity index (χ2n) is 2.62. The summed E-state index contributed by atoms with van der Waals surface area (Å²) in [6.45, 7) is 6.10. The van der Waals surface area contributed by atoms with Gasteiger partial charge in [0, 0.05) is 0 Å². The van der Waals surface area contributed by atoms with Gasteiger partial charge in [-0.1, -0.05) is 19.5 Å². The minimum atomic E-state index is 0. The van der Waals surface area contributed by atoms with E-state index in [-0.39, 0.29) is 0 Å². The summed E-state index contributed by atoms with van der Waals surface area (Å²) < 4.78 is 0. The molecule has 0 amide bonds. The van der Waals surface area contributed by atoms with Gasteiger partial charge in [-0.2, -0.15) is 12.0 Å². The van der Waals surface area contributed by atoms with Crippen molar-refractivity contribution in [1.82, 2.24) is 0 Å². The second kappa shape index (κ2) is 3.25. The van der Waals surface area contributed by atoms with Crippen LogP contribution in [0.2, 0.25) is 0 Å². The van der Waals surface area contributed by atoms with Gasteiger partial charge in [0.1, 0.15) is 0 Å². The van der Waals surface area contributed by atoms with Crippen LogP contribution in [0.25, 0.3) is 0 Å². The van der Waals surface area contributed by atoms with E-state index in [4.69, 9.17) is 0 Å². The van der Waals surface area contributed by atoms with E-state index in [0.717, 1.165) is 11.4 Å². The molecule has 69 valence electrons. The standard InChI is InChI=1S/C9H12N.Lr/c1-7-4-5-8(2)10-9(3)6-7;/h4-6H,1-3H3;/q-1;. The molecule has 0 atom stereocenters. The summed E-state index contributed by atoms with van der Waals surface area (Å²) in [5.74, 6) is 1.26. The Labute approximate surface area is 62.2 Å². The van der Waals surface area contributed by atoms with Crippen molar-refractivity contribution in [3.63, 3.8) is 0 Å². The van der Waals surface area contributed by atoms with Crippen LogP contribution in [0.3, 0.4) is 0 Å². The maximum Gasteiger partial charge on any atom is 0 e. The Morgan fingerprint density at radius 2 is 2.00 bits per heavy atom. The summed E-state index contributed by atoms with van der Waals surface area (Å²) in [6, 6.07) is 0. The molecule has 0 aromatic rings. The Morgan fingerprint density at radius 1 is 1.36 bits per heavy atom. The third-order valence-corrected chi connectivity index (χ3v) is 1.38. The Balaban J connectivity index is 0.000001000. The predicted molar refractivity (Wildman–Crippen MR) is 44.9 cm³/mol. The minimum Gasteiger partial charge on any atom is -0.335 e. The van der Waals surface area contributed by atoms with Crippen LogP contribution in [0, 0.1) is 5.92 Å². The molecule has 0 spiro atoms. The van der Waals surface area contributed by atoms with Gasteiger partial charge in [0.15, 0.2) is 0 Å². The van der Waals surface area contributed by atoms with Crippen LogP contribution >= 0.6 is 0 Å². The van der Waals surface area contributed by atoms with E-state index in [0.29, 0.717) is 0 Å². The average molecular weight is 396 g/mol. The summed E-state index contributed by atoms with van der Waals surface area (Å²) >= 11 is 0. The molecule has 0 unspecified atom stereocenters. The first-order valence-electron chi connectivity index (χ1n) is 3.44. The third-order valence-electron chi connectivity index (χ3n) is 1.38. The first kappa shape index (κ1) is 9.02. The van der Waals surface area contributed by atoms with Crippen molar-refractivity contribution in [1.29, 1.82) is 0 Å². The Kier molecular flexibility index (Phi) is 2.67. The van der Waals surface area contributed by atoms with Gasteiger partial charge in [-0.15, -0.1) is 12.2 Å². The molecule has 11 heavy (non-hydrogen) atoms. The van der Waals surface area contributed by atoms with Crippen LogP contribution in [0.1, 0.15) is 20.8 Å². The largest absolute Gasteiger partial charge is 0.335 e. The Morgan fingerprint density at radius 3 is 2.64 bits per heavy atom. The van der Waals surface area contributed by atoms with Crippen LogP contribution in [0.5, 0.6) is 0 Å². The van der Waals surface area contributed by atoms with Crippen molar-refractivity contribution in [3.8, 4) is 0 Å². The van der Waals surface area contributed by atoms with Crippen LogP contribution in [-0.2, 0) is 0 Å². The predicted octanol–water partition coefficient (Wildman–Crippen LogP) is 2.52. The van der Waals surface area contributed by atoms with Crippen LogP contribution in [-0.4, -0.2) is 5.71 Å². The van der Waals surface area contributed by atoms with Crippen molar-refractivity contribution in [2.45, 2.75) is 20.8 Å². The molecule has 1 radical (unpaired) electrons. The number of nitrogens with zero attached hydrogens (tertiary/aromatic N) is 1. The van der Waals surface area contributed by atoms with Gasteiger partial charge in [-0.25, -0.2) is 0 Å². The van der Waals surface area contributed by atoms with Gasteiger partial charge >= 0.3 is 0 Å². The normalized spacial score (nSPS) is 16.5. The molecule has 1 nitrogen and oxygen atoms in total. The van der Waals surface area contributed by atoms with E-state index < -0.39 is 0 Å². The van der Waals surface area contributed by atoms with Gasteiger partial charge in [0.2, 0.25) is 0 Å². The summed E-state index contributed by atoms with van der Waals surface area (Å²) in [5.41, 5.74) is 2.16. The molecular weight excluding hydrogens is 384 g/mol. The molecule has 2 heteroatoms. The summed E-state index contributed by atoms with van der Waals surface area (Å²) in [6.07, 6.45) is 6.19. The fourth-order valence-corrected chi connectivity index (χ4v) is 0.977. The summed E-state index contributed by atoms with van der Waals surface area (Å²) in [5, 5.41) is 0. The van der Waals surface area contributed by atoms with Crippen molar-refractivity contribution >= 4 is 5.71 Å². The molecule has 0 aliphatic carbocycles. The maximum absolute atomic E-state index is 4.30. The van der Waals surface area contributed by atoms with Crippen molar-refractivity contribution in [2.24, 2.45) is 4.99 Å². The smallest absolute Gasteiger partial charge is 0 e. The molecule has 1 aliphatic heterocycles. The summed E-state index contributed by atoms with van der Waals surface area (Å²) in [4.78, 5) is 4.30. The fourth-order valence-electron chi connectivity index (χ4n) is 0.977. The number of allylic oxidation sites excluding steroid dienone is 4. The van der Waals surface area contributed by atoms with Gasteiger partial charge in [-0.3, -0.25) is 0 Å². The third kappa shape index (κ3) is 2.39. The molecular formula is C9H12LrN-. The van der Waals surface area contributed by atoms with Gasteiger partial charge in [0.25, 0.3) is 0 Å². The first-order valence-corrected chi connectivity index (χ1v) is 3.44. The van der Waals surface area contributed by atoms with Crippen LogP contribution < -0.4 is 0 Å². The molecule has 0 N–H and O–H groups in total. The summed E-state index contributed by atoms with van der Waals surface area (Å²) in [7, 11) is 0. The molecule has 1 aliphatic rings. The van der Waals surface area contributed by atoms with Crippen molar-refractivity contribution in [2.75, 3.05) is 0 Å². The molecule has 0 saturated heterocycles. The Bertz CT molecular complexity index is 214. The quantitative estimate of drug-likeness (QED) is 0.559. The average Bonchev–Trinajstić information content (AvgIpc) is 1.93. The first-order chi connectivity index (χ1) is 4.68. The van der Waals surface area contributed by atoms with Crippen LogP contribution in [0.4, 0.5) is 0 Å². The van der Waals surface area contributed by atoms with E-state index >= 15 is 0 Å². The minimum absolute atomic E-state index is 0. The zero-order chi connectivity index (χ0) is 7.56. The van der Waals surface area contributed by atoms with Crippen LogP contribution in [0.15, 0.2) is 28.9 Å². The molecule has 1 heterocycles. The topological polar surface area (TPSA) is 12.4 Å². The number of aliphatic imine (C=N–C) groups is 1. The zero-order valence-electron chi connectivity index (χ0n) is 6.94. The monoisotopic (exact) mass is 396 g/mol. The maximum atomic E-state index is 4.30. The second-order valence-corrected chi connectivity index (χ2v) is 2.62. The van der Waals surface area contributed by atoms with E-state index in [1.54, 1.807) is 0 Å². The van der Waals surface area contributed by atoms with E-state index in [9.17, 15) is 0 Å². The Hall–Kier alpha value is -1.98. The van der Waals surface area contributed by atoms with Gasteiger partial charge < -0.3 is 4.99 Å². The molecule has 0 aromatic carbocycles. The molecule has 0 saturated carbocycles. The molecule has 1 rings (SSSR count). The number of rotatable bonds is 0. The zero-order valence-corrected chi connectivity index (χ0v) is 9.09. The van der Waals surface area contributed by atoms with Gasteiger partial charge in [0.05, 0.1) is 0 Å². The molecule has 0 fully saturated rings. The van der Waals surface area contributed by atoms with Gasteiger partial charge in [-0.05, 0) is 12.6 Å².